The maximum atomic E-state index is 12.1. The molecule has 1 aliphatic carbocycles. The van der Waals surface area contributed by atoms with Crippen LogP contribution >= 0.6 is 0 Å². The molecule has 0 amide bonds. The third-order valence-electron chi connectivity index (χ3n) is 3.99. The number of hydrogen-bond acceptors (Lipinski definition) is 4. The Kier molecular flexibility index (Phi) is 3.66. The first-order valence-corrected chi connectivity index (χ1v) is 7.73. The van der Waals surface area contributed by atoms with Crippen LogP contribution in [-0.2, 0) is 19.6 Å². The molecule has 7 heteroatoms. The second-order valence-corrected chi connectivity index (χ2v) is 7.35. The predicted molar refractivity (Wildman–Crippen MR) is 64.7 cm³/mol. The van der Waals surface area contributed by atoms with Gasteiger partial charge in [-0.05, 0) is 19.8 Å². The lowest BCUT2D eigenvalue weighted by molar-refractivity contribution is -0.148. The van der Waals surface area contributed by atoms with Gasteiger partial charge < -0.3 is 9.84 Å². The molecule has 0 aromatic heterocycles. The van der Waals surface area contributed by atoms with Gasteiger partial charge in [-0.15, -0.1) is 0 Å². The average Bonchev–Trinajstić information content (AvgIpc) is 2.89. The number of sulfonamides is 1. The maximum absolute atomic E-state index is 12.1. The topological polar surface area (TPSA) is 92.7 Å². The highest BCUT2D eigenvalue weighted by Gasteiger charge is 2.49. The number of rotatable bonds is 4. The Hall–Kier alpha value is -0.660. The minimum absolute atomic E-state index is 0.0419. The summed E-state index contributed by atoms with van der Waals surface area (Å²) in [5.41, 5.74) is -1.17. The molecule has 0 spiro atoms. The summed E-state index contributed by atoms with van der Waals surface area (Å²) in [6.45, 7) is 1.68. The molecule has 1 heterocycles. The Balaban J connectivity index is 2.11. The summed E-state index contributed by atoms with van der Waals surface area (Å²) in [4.78, 5) is 11.2. The standard InChI is InChI=1S/C11H19NO5S/c1-11(10(13)14)7-17-6-9(11)12-18(15,16)8-4-2-3-5-8/h8-9,12H,2-7H2,1H3,(H,13,14). The predicted octanol–water partition coefficient (Wildman–Crippen LogP) is 0.338. The summed E-state index contributed by atoms with van der Waals surface area (Å²) in [5.74, 6) is -1.03. The molecule has 2 atom stereocenters. The van der Waals surface area contributed by atoms with Crippen LogP contribution in [0.3, 0.4) is 0 Å². The van der Waals surface area contributed by atoms with E-state index >= 15 is 0 Å². The first kappa shape index (κ1) is 13.8. The largest absolute Gasteiger partial charge is 0.481 e. The Morgan fingerprint density at radius 1 is 1.39 bits per heavy atom. The van der Waals surface area contributed by atoms with Crippen LogP contribution in [0.2, 0.25) is 0 Å². The fourth-order valence-corrected chi connectivity index (χ4v) is 4.41. The molecule has 0 bridgehead atoms. The molecule has 2 aliphatic rings. The summed E-state index contributed by atoms with van der Waals surface area (Å²) >= 11 is 0. The van der Waals surface area contributed by atoms with Gasteiger partial charge >= 0.3 is 5.97 Å². The molecule has 2 fully saturated rings. The van der Waals surface area contributed by atoms with Gasteiger partial charge in [0.25, 0.3) is 0 Å². The molecule has 6 nitrogen and oxygen atoms in total. The summed E-state index contributed by atoms with van der Waals surface area (Å²) in [6.07, 6.45) is 3.16. The minimum Gasteiger partial charge on any atom is -0.481 e. The fourth-order valence-electron chi connectivity index (χ4n) is 2.54. The molecule has 18 heavy (non-hydrogen) atoms. The van der Waals surface area contributed by atoms with Crippen molar-refractivity contribution in [3.8, 4) is 0 Å². The van der Waals surface area contributed by atoms with Crippen LogP contribution in [0.5, 0.6) is 0 Å². The van der Waals surface area contributed by atoms with E-state index in [9.17, 15) is 18.3 Å². The second kappa shape index (κ2) is 4.79. The molecule has 0 aromatic rings. The van der Waals surface area contributed by atoms with Crippen molar-refractivity contribution < 1.29 is 23.1 Å². The van der Waals surface area contributed by atoms with Gasteiger partial charge in [-0.3, -0.25) is 4.79 Å². The highest BCUT2D eigenvalue weighted by atomic mass is 32.2. The zero-order valence-electron chi connectivity index (χ0n) is 10.4. The van der Waals surface area contributed by atoms with E-state index in [1.54, 1.807) is 0 Å². The zero-order valence-corrected chi connectivity index (χ0v) is 11.2. The van der Waals surface area contributed by atoms with E-state index in [1.165, 1.54) is 6.92 Å². The van der Waals surface area contributed by atoms with Crippen molar-refractivity contribution in [3.63, 3.8) is 0 Å². The SMILES string of the molecule is CC1(C(=O)O)COCC1NS(=O)(=O)C1CCCC1. The van der Waals surface area contributed by atoms with Crippen LogP contribution < -0.4 is 4.72 Å². The Morgan fingerprint density at radius 2 is 2.00 bits per heavy atom. The van der Waals surface area contributed by atoms with Gasteiger partial charge in [0.15, 0.2) is 0 Å². The van der Waals surface area contributed by atoms with Crippen molar-refractivity contribution in [2.24, 2.45) is 5.41 Å². The summed E-state index contributed by atoms with van der Waals surface area (Å²) in [6, 6.07) is -0.680. The highest BCUT2D eigenvalue weighted by molar-refractivity contribution is 7.90. The van der Waals surface area contributed by atoms with Crippen molar-refractivity contribution in [3.05, 3.63) is 0 Å². The number of carboxylic acids is 1. The first-order chi connectivity index (χ1) is 8.36. The molecule has 2 rings (SSSR count). The van der Waals surface area contributed by atoms with Gasteiger partial charge in [0.2, 0.25) is 10.0 Å². The van der Waals surface area contributed by atoms with Gasteiger partial charge in [-0.25, -0.2) is 13.1 Å². The number of aliphatic carboxylic acids is 1. The van der Waals surface area contributed by atoms with Crippen molar-refractivity contribution in [2.45, 2.75) is 43.9 Å². The van der Waals surface area contributed by atoms with E-state index in [2.05, 4.69) is 4.72 Å². The van der Waals surface area contributed by atoms with Gasteiger partial charge in [-0.1, -0.05) is 12.8 Å². The smallest absolute Gasteiger partial charge is 0.313 e. The fraction of sp³-hybridized carbons (Fsp3) is 0.909. The third-order valence-corrected chi connectivity index (χ3v) is 5.95. The summed E-state index contributed by atoms with van der Waals surface area (Å²) in [7, 11) is -3.44. The van der Waals surface area contributed by atoms with Crippen LogP contribution in [0, 0.1) is 5.41 Å². The van der Waals surface area contributed by atoms with Crippen LogP contribution in [-0.4, -0.2) is 44.0 Å². The second-order valence-electron chi connectivity index (χ2n) is 5.36. The van der Waals surface area contributed by atoms with Gasteiger partial charge in [0.1, 0.15) is 5.41 Å². The zero-order chi connectivity index (χ0) is 13.4. The van der Waals surface area contributed by atoms with Gasteiger partial charge in [-0.2, -0.15) is 0 Å². The lowest BCUT2D eigenvalue weighted by Gasteiger charge is -2.26. The molecule has 0 radical (unpaired) electrons. The number of hydrogen-bond donors (Lipinski definition) is 2. The number of carbonyl (C=O) groups is 1. The number of carboxylic acid groups (broad SMARTS) is 1. The quantitative estimate of drug-likeness (QED) is 0.773. The molecule has 104 valence electrons. The van der Waals surface area contributed by atoms with Crippen LogP contribution in [0.4, 0.5) is 0 Å². The third kappa shape index (κ3) is 2.39. The molecule has 2 N–H and O–H groups in total. The maximum Gasteiger partial charge on any atom is 0.313 e. The van der Waals surface area contributed by atoms with E-state index in [4.69, 9.17) is 4.74 Å². The highest BCUT2D eigenvalue weighted by Crippen LogP contribution is 2.31. The van der Waals surface area contributed by atoms with E-state index in [0.717, 1.165) is 12.8 Å². The van der Waals surface area contributed by atoms with E-state index in [0.29, 0.717) is 12.8 Å². The van der Waals surface area contributed by atoms with Crippen molar-refractivity contribution in [2.75, 3.05) is 13.2 Å². The van der Waals surface area contributed by atoms with Crippen molar-refractivity contribution in [1.82, 2.24) is 4.72 Å². The summed E-state index contributed by atoms with van der Waals surface area (Å²) in [5, 5.41) is 8.81. The number of nitrogens with one attached hydrogen (secondary N) is 1. The first-order valence-electron chi connectivity index (χ1n) is 6.18. The van der Waals surface area contributed by atoms with Crippen molar-refractivity contribution >= 4 is 16.0 Å². The van der Waals surface area contributed by atoms with Crippen LogP contribution in [0.1, 0.15) is 32.6 Å². The monoisotopic (exact) mass is 277 g/mol. The Bertz CT molecular complexity index is 429. The van der Waals surface area contributed by atoms with Crippen LogP contribution in [0.25, 0.3) is 0 Å². The van der Waals surface area contributed by atoms with E-state index in [1.807, 2.05) is 0 Å². The minimum atomic E-state index is -3.44. The molecule has 0 aromatic carbocycles. The molecule has 1 saturated carbocycles. The average molecular weight is 277 g/mol. The lowest BCUT2D eigenvalue weighted by Crippen LogP contribution is -2.51. The van der Waals surface area contributed by atoms with E-state index < -0.39 is 27.4 Å². The Morgan fingerprint density at radius 3 is 2.56 bits per heavy atom. The molecule has 2 unspecified atom stereocenters. The van der Waals surface area contributed by atoms with Crippen LogP contribution in [0.15, 0.2) is 0 Å². The summed E-state index contributed by atoms with van der Waals surface area (Å²) < 4.78 is 31.9. The Labute approximate surface area is 107 Å². The molecular weight excluding hydrogens is 258 g/mol. The van der Waals surface area contributed by atoms with Gasteiger partial charge in [0, 0.05) is 0 Å². The molecule has 1 aliphatic heterocycles. The van der Waals surface area contributed by atoms with Crippen molar-refractivity contribution in [1.29, 1.82) is 0 Å². The molecular formula is C11H19NO5S. The number of ether oxygens (including phenoxy) is 1. The normalized spacial score (nSPS) is 33.9. The lowest BCUT2D eigenvalue weighted by atomic mass is 9.86. The van der Waals surface area contributed by atoms with Gasteiger partial charge in [0.05, 0.1) is 24.5 Å². The molecule has 1 saturated heterocycles. The van der Waals surface area contributed by atoms with E-state index in [-0.39, 0.29) is 18.5 Å².